The summed E-state index contributed by atoms with van der Waals surface area (Å²) in [5.74, 6) is 0.0875. The van der Waals surface area contributed by atoms with Crippen molar-refractivity contribution < 1.29 is 9.90 Å². The first kappa shape index (κ1) is 14.1. The van der Waals surface area contributed by atoms with Gasteiger partial charge in [-0.3, -0.25) is 4.79 Å². The lowest BCUT2D eigenvalue weighted by Gasteiger charge is -2.08. The Morgan fingerprint density at radius 1 is 1.40 bits per heavy atom. The first-order valence-electron chi connectivity index (χ1n) is 6.70. The van der Waals surface area contributed by atoms with Crippen LogP contribution >= 0.6 is 0 Å². The van der Waals surface area contributed by atoms with E-state index in [0.29, 0.717) is 12.1 Å². The van der Waals surface area contributed by atoms with Crippen LogP contribution in [0.2, 0.25) is 0 Å². The molecule has 2 N–H and O–H groups in total. The molecule has 1 aromatic heterocycles. The summed E-state index contributed by atoms with van der Waals surface area (Å²) in [6.45, 7) is 3.37. The highest BCUT2D eigenvalue weighted by Crippen LogP contribution is 2.15. The van der Waals surface area contributed by atoms with Crippen LogP contribution in [0.3, 0.4) is 0 Å². The van der Waals surface area contributed by atoms with E-state index in [1.54, 1.807) is 24.7 Å². The number of phenols is 1. The Morgan fingerprint density at radius 3 is 2.95 bits per heavy atom. The zero-order chi connectivity index (χ0) is 14.4. The van der Waals surface area contributed by atoms with E-state index in [9.17, 15) is 9.90 Å². The second-order valence-corrected chi connectivity index (χ2v) is 4.76. The minimum atomic E-state index is -0.0925. The highest BCUT2D eigenvalue weighted by atomic mass is 16.3. The Hall–Kier alpha value is -2.30. The minimum Gasteiger partial charge on any atom is -0.508 e. The molecule has 0 aliphatic rings. The van der Waals surface area contributed by atoms with Crippen LogP contribution < -0.4 is 5.32 Å². The highest BCUT2D eigenvalue weighted by Gasteiger charge is 2.08. The Labute approximate surface area is 118 Å². The number of rotatable bonds is 6. The number of aromatic nitrogens is 2. The summed E-state index contributed by atoms with van der Waals surface area (Å²) in [4.78, 5) is 15.9. The number of phenolic OH excluding ortho intramolecular Hbond substituents is 1. The van der Waals surface area contributed by atoms with E-state index >= 15 is 0 Å². The number of benzene rings is 1. The molecule has 0 saturated heterocycles. The standard InChI is InChI=1S/C15H19N3O2/c1-12-10-13(19)4-5-14(12)15(20)17-6-2-3-8-18-9-7-16-11-18/h4-5,7,9-11,19H,2-3,6,8H2,1H3,(H,17,20). The number of aromatic hydroxyl groups is 1. The maximum absolute atomic E-state index is 12.0. The number of hydrogen-bond acceptors (Lipinski definition) is 3. The molecule has 0 unspecified atom stereocenters. The molecule has 2 rings (SSSR count). The molecule has 0 bridgehead atoms. The number of amides is 1. The summed E-state index contributed by atoms with van der Waals surface area (Å²) in [6.07, 6.45) is 7.39. The van der Waals surface area contributed by atoms with E-state index in [0.717, 1.165) is 24.9 Å². The molecule has 1 heterocycles. The first-order valence-corrected chi connectivity index (χ1v) is 6.70. The second kappa shape index (κ2) is 6.75. The number of carbonyl (C=O) groups excluding carboxylic acids is 1. The van der Waals surface area contributed by atoms with Crippen LogP contribution in [0.5, 0.6) is 5.75 Å². The van der Waals surface area contributed by atoms with Crippen molar-refractivity contribution in [2.24, 2.45) is 0 Å². The first-order chi connectivity index (χ1) is 9.66. The SMILES string of the molecule is Cc1cc(O)ccc1C(=O)NCCCCn1ccnc1. The summed E-state index contributed by atoms with van der Waals surface area (Å²) < 4.78 is 2.02. The Balaban J connectivity index is 1.72. The molecule has 1 aromatic carbocycles. The minimum absolute atomic E-state index is 0.0925. The molecule has 0 radical (unpaired) electrons. The Morgan fingerprint density at radius 2 is 2.25 bits per heavy atom. The predicted molar refractivity (Wildman–Crippen MR) is 76.6 cm³/mol. The van der Waals surface area contributed by atoms with E-state index < -0.39 is 0 Å². The molecule has 0 spiro atoms. The third-order valence-electron chi connectivity index (χ3n) is 3.14. The quantitative estimate of drug-likeness (QED) is 0.792. The number of nitrogens with one attached hydrogen (secondary N) is 1. The van der Waals surface area contributed by atoms with E-state index in [-0.39, 0.29) is 11.7 Å². The molecule has 0 atom stereocenters. The van der Waals surface area contributed by atoms with Crippen molar-refractivity contribution in [1.82, 2.24) is 14.9 Å². The molecule has 0 aliphatic heterocycles. The van der Waals surface area contributed by atoms with Gasteiger partial charge in [-0.1, -0.05) is 0 Å². The van der Waals surface area contributed by atoms with Crippen LogP contribution in [-0.4, -0.2) is 27.1 Å². The van der Waals surface area contributed by atoms with Gasteiger partial charge in [0, 0.05) is 31.0 Å². The van der Waals surface area contributed by atoms with Crippen molar-refractivity contribution in [3.8, 4) is 5.75 Å². The normalized spacial score (nSPS) is 10.4. The van der Waals surface area contributed by atoms with Gasteiger partial charge in [-0.2, -0.15) is 0 Å². The van der Waals surface area contributed by atoms with Crippen molar-refractivity contribution in [3.63, 3.8) is 0 Å². The molecule has 0 aliphatic carbocycles. The molecule has 1 amide bonds. The van der Waals surface area contributed by atoms with Crippen LogP contribution in [0.1, 0.15) is 28.8 Å². The summed E-state index contributed by atoms with van der Waals surface area (Å²) in [5.41, 5.74) is 1.39. The summed E-state index contributed by atoms with van der Waals surface area (Å²) in [6, 6.07) is 4.76. The van der Waals surface area contributed by atoms with Crippen LogP contribution in [0.15, 0.2) is 36.9 Å². The monoisotopic (exact) mass is 273 g/mol. The fraction of sp³-hybridized carbons (Fsp3) is 0.333. The maximum atomic E-state index is 12.0. The van der Waals surface area contributed by atoms with Gasteiger partial charge in [-0.15, -0.1) is 0 Å². The molecule has 2 aromatic rings. The zero-order valence-corrected chi connectivity index (χ0v) is 11.5. The van der Waals surface area contributed by atoms with Gasteiger partial charge in [0.05, 0.1) is 6.33 Å². The second-order valence-electron chi connectivity index (χ2n) is 4.76. The number of nitrogens with zero attached hydrogens (tertiary/aromatic N) is 2. The summed E-state index contributed by atoms with van der Waals surface area (Å²) in [7, 11) is 0. The average molecular weight is 273 g/mol. The van der Waals surface area contributed by atoms with Gasteiger partial charge in [-0.05, 0) is 43.5 Å². The molecular formula is C15H19N3O2. The molecule has 5 nitrogen and oxygen atoms in total. The fourth-order valence-corrected chi connectivity index (χ4v) is 2.04. The number of imidazole rings is 1. The van der Waals surface area contributed by atoms with Gasteiger partial charge in [0.2, 0.25) is 0 Å². The Bertz CT molecular complexity index is 565. The van der Waals surface area contributed by atoms with Gasteiger partial charge in [0.1, 0.15) is 5.75 Å². The molecule has 106 valence electrons. The van der Waals surface area contributed by atoms with Gasteiger partial charge >= 0.3 is 0 Å². The predicted octanol–water partition coefficient (Wildman–Crippen LogP) is 2.11. The zero-order valence-electron chi connectivity index (χ0n) is 11.5. The number of hydrogen-bond donors (Lipinski definition) is 2. The molecule has 5 heteroatoms. The van der Waals surface area contributed by atoms with E-state index in [4.69, 9.17) is 0 Å². The van der Waals surface area contributed by atoms with Crippen LogP contribution in [-0.2, 0) is 6.54 Å². The lowest BCUT2D eigenvalue weighted by atomic mass is 10.1. The lowest BCUT2D eigenvalue weighted by Crippen LogP contribution is -2.25. The van der Waals surface area contributed by atoms with Gasteiger partial charge < -0.3 is 15.0 Å². The summed E-state index contributed by atoms with van der Waals surface area (Å²) >= 11 is 0. The van der Waals surface area contributed by atoms with E-state index in [1.807, 2.05) is 17.7 Å². The largest absolute Gasteiger partial charge is 0.508 e. The number of carbonyl (C=O) groups is 1. The number of unbranched alkanes of at least 4 members (excludes halogenated alkanes) is 1. The van der Waals surface area contributed by atoms with Gasteiger partial charge in [-0.25, -0.2) is 4.98 Å². The molecule has 0 fully saturated rings. The smallest absolute Gasteiger partial charge is 0.251 e. The third kappa shape index (κ3) is 3.85. The van der Waals surface area contributed by atoms with Gasteiger partial charge in [0.15, 0.2) is 0 Å². The summed E-state index contributed by atoms with van der Waals surface area (Å²) in [5, 5.41) is 12.2. The average Bonchev–Trinajstić information content (AvgIpc) is 2.91. The van der Waals surface area contributed by atoms with E-state index in [2.05, 4.69) is 10.3 Å². The van der Waals surface area contributed by atoms with Crippen LogP contribution in [0.25, 0.3) is 0 Å². The van der Waals surface area contributed by atoms with E-state index in [1.165, 1.54) is 6.07 Å². The molecule has 20 heavy (non-hydrogen) atoms. The maximum Gasteiger partial charge on any atom is 0.251 e. The van der Waals surface area contributed by atoms with Crippen molar-refractivity contribution in [2.45, 2.75) is 26.3 Å². The van der Waals surface area contributed by atoms with Crippen LogP contribution in [0.4, 0.5) is 0 Å². The van der Waals surface area contributed by atoms with Crippen molar-refractivity contribution in [2.75, 3.05) is 6.54 Å². The van der Waals surface area contributed by atoms with Crippen molar-refractivity contribution >= 4 is 5.91 Å². The van der Waals surface area contributed by atoms with Crippen molar-refractivity contribution in [1.29, 1.82) is 0 Å². The van der Waals surface area contributed by atoms with Gasteiger partial charge in [0.25, 0.3) is 5.91 Å². The molecular weight excluding hydrogens is 254 g/mol. The molecule has 0 saturated carbocycles. The number of aryl methyl sites for hydroxylation is 2. The lowest BCUT2D eigenvalue weighted by molar-refractivity contribution is 0.0952. The fourth-order valence-electron chi connectivity index (χ4n) is 2.04. The topological polar surface area (TPSA) is 67.2 Å². The van der Waals surface area contributed by atoms with Crippen LogP contribution in [0, 0.1) is 6.92 Å². The highest BCUT2D eigenvalue weighted by molar-refractivity contribution is 5.95. The Kier molecular flexibility index (Phi) is 4.76. The van der Waals surface area contributed by atoms with Crippen molar-refractivity contribution in [3.05, 3.63) is 48.0 Å². The third-order valence-corrected chi connectivity index (χ3v) is 3.14.